The summed E-state index contributed by atoms with van der Waals surface area (Å²) in [4.78, 5) is 34.9. The lowest BCUT2D eigenvalue weighted by molar-refractivity contribution is -0.149. The highest BCUT2D eigenvalue weighted by molar-refractivity contribution is 7.89. The van der Waals surface area contributed by atoms with Crippen LogP contribution in [-0.4, -0.2) is 37.1 Å². The second-order valence-corrected chi connectivity index (χ2v) is 6.96. The summed E-state index contributed by atoms with van der Waals surface area (Å²) < 4.78 is 23.5. The molecule has 10 heteroatoms. The van der Waals surface area contributed by atoms with E-state index in [1.807, 2.05) is 0 Å². The maximum absolute atomic E-state index is 11.7. The van der Waals surface area contributed by atoms with Gasteiger partial charge in [0.2, 0.25) is 21.7 Å². The minimum atomic E-state index is -3.73. The molecule has 0 aliphatic rings. The number of unbranched alkanes of at least 4 members (excludes halogenated alkanes) is 2. The number of ketones is 1. The van der Waals surface area contributed by atoms with Gasteiger partial charge in [0.25, 0.3) is 0 Å². The Morgan fingerprint density at radius 1 is 0.960 bits per heavy atom. The topological polar surface area (TPSA) is 142 Å². The Bertz CT molecular complexity index is 690. The maximum atomic E-state index is 11.7. The zero-order chi connectivity index (χ0) is 18.7. The fourth-order valence-electron chi connectivity index (χ4n) is 1.81. The number of anilines is 1. The van der Waals surface area contributed by atoms with E-state index in [1.165, 1.54) is 0 Å². The van der Waals surface area contributed by atoms with Crippen molar-refractivity contribution in [2.45, 2.75) is 32.1 Å². The first-order valence-electron chi connectivity index (χ1n) is 7.63. The number of carbonyl (C=O) groups is 3. The number of carbonyl (C=O) groups excluding carboxylic acids is 2. The molecule has 1 aromatic carbocycles. The van der Waals surface area contributed by atoms with Gasteiger partial charge in [0, 0.05) is 18.5 Å². The van der Waals surface area contributed by atoms with E-state index in [1.54, 1.807) is 30.3 Å². The molecule has 1 rings (SSSR count). The number of benzene rings is 1. The van der Waals surface area contributed by atoms with E-state index in [-0.39, 0.29) is 12.8 Å². The molecule has 0 spiro atoms. The highest BCUT2D eigenvalue weighted by Gasteiger charge is 2.12. The van der Waals surface area contributed by atoms with Crippen molar-refractivity contribution in [3.05, 3.63) is 30.3 Å². The third-order valence-electron chi connectivity index (χ3n) is 3.13. The molecule has 0 atom stereocenters. The van der Waals surface area contributed by atoms with Crippen LogP contribution < -0.4 is 15.6 Å². The molecule has 0 unspecified atom stereocenters. The molecular weight excluding hydrogens is 350 g/mol. The van der Waals surface area contributed by atoms with Crippen molar-refractivity contribution in [1.29, 1.82) is 0 Å². The molecule has 9 nitrogen and oxygen atoms in total. The predicted octanol–water partition coefficient (Wildman–Crippen LogP) is 0.611. The highest BCUT2D eigenvalue weighted by Crippen LogP contribution is 2.04. The molecule has 0 radical (unpaired) electrons. The first kappa shape index (κ1) is 20.6. The van der Waals surface area contributed by atoms with E-state index in [0.29, 0.717) is 24.9 Å². The van der Waals surface area contributed by atoms with Gasteiger partial charge in [-0.1, -0.05) is 24.6 Å². The number of rotatable bonds is 12. The molecule has 4 N–H and O–H groups in total. The smallest absolute Gasteiger partial charge is 0.372 e. The van der Waals surface area contributed by atoms with Gasteiger partial charge in [-0.25, -0.2) is 13.2 Å². The van der Waals surface area contributed by atoms with Gasteiger partial charge in [0.05, 0.1) is 0 Å². The largest absolute Gasteiger partial charge is 0.476 e. The molecule has 1 amide bonds. The molecule has 0 aromatic heterocycles. The summed E-state index contributed by atoms with van der Waals surface area (Å²) in [5.74, 6) is -3.31. The van der Waals surface area contributed by atoms with E-state index < -0.39 is 33.6 Å². The van der Waals surface area contributed by atoms with Crippen LogP contribution in [0.5, 0.6) is 0 Å². The molecule has 0 heterocycles. The zero-order valence-electron chi connectivity index (χ0n) is 13.5. The summed E-state index contributed by atoms with van der Waals surface area (Å²) in [7, 11) is -3.73. The van der Waals surface area contributed by atoms with Gasteiger partial charge in [-0.2, -0.15) is 0 Å². The van der Waals surface area contributed by atoms with Crippen LogP contribution in [0.2, 0.25) is 0 Å². The Labute approximate surface area is 145 Å². The van der Waals surface area contributed by atoms with Gasteiger partial charge in [-0.3, -0.25) is 9.59 Å². The van der Waals surface area contributed by atoms with Crippen LogP contribution in [0.25, 0.3) is 0 Å². The van der Waals surface area contributed by atoms with E-state index >= 15 is 0 Å². The van der Waals surface area contributed by atoms with Gasteiger partial charge in [-0.15, -0.1) is 4.83 Å². The van der Waals surface area contributed by atoms with Crippen molar-refractivity contribution in [1.82, 2.24) is 10.1 Å². The second-order valence-electron chi connectivity index (χ2n) is 5.24. The standard InChI is InChI=1S/C15H21N3O6S/c19-13(15(21)22)9-5-2-6-10-14(20)16-11-25(23,24)18-17-12-7-3-1-4-8-12/h1,3-4,7-8,17-18H,2,5-6,9-11H2,(H,16,20)(H,21,22). The lowest BCUT2D eigenvalue weighted by atomic mass is 10.1. The number of para-hydroxylation sites is 1. The molecule has 25 heavy (non-hydrogen) atoms. The molecule has 138 valence electrons. The van der Waals surface area contributed by atoms with E-state index in [2.05, 4.69) is 15.6 Å². The summed E-state index contributed by atoms with van der Waals surface area (Å²) in [6.45, 7) is 0. The average molecular weight is 371 g/mol. The molecule has 0 bridgehead atoms. The van der Waals surface area contributed by atoms with Crippen LogP contribution in [-0.2, 0) is 24.4 Å². The number of hydrazine groups is 1. The van der Waals surface area contributed by atoms with E-state index in [0.717, 1.165) is 0 Å². The Hall–Kier alpha value is -2.46. The lowest BCUT2D eigenvalue weighted by Crippen LogP contribution is -2.39. The fraction of sp³-hybridized carbons (Fsp3) is 0.400. The Morgan fingerprint density at radius 2 is 1.60 bits per heavy atom. The lowest BCUT2D eigenvalue weighted by Gasteiger charge is -2.10. The molecule has 0 aliphatic heterocycles. The summed E-state index contributed by atoms with van der Waals surface area (Å²) in [5.41, 5.74) is 3.08. The second kappa shape index (κ2) is 10.4. The van der Waals surface area contributed by atoms with E-state index in [9.17, 15) is 22.8 Å². The molecule has 0 saturated heterocycles. The minimum Gasteiger partial charge on any atom is -0.476 e. The van der Waals surface area contributed by atoms with Crippen LogP contribution >= 0.6 is 0 Å². The van der Waals surface area contributed by atoms with Crippen LogP contribution in [0.1, 0.15) is 32.1 Å². The number of aliphatic carboxylic acids is 1. The predicted molar refractivity (Wildman–Crippen MR) is 90.9 cm³/mol. The van der Waals surface area contributed by atoms with Gasteiger partial charge in [0.1, 0.15) is 5.88 Å². The number of sulfonamides is 1. The maximum Gasteiger partial charge on any atom is 0.372 e. The Kier molecular flexibility index (Phi) is 8.57. The number of nitrogens with one attached hydrogen (secondary N) is 3. The molecular formula is C15H21N3O6S. The summed E-state index contributed by atoms with van der Waals surface area (Å²) >= 11 is 0. The number of hydrogen-bond acceptors (Lipinski definition) is 6. The summed E-state index contributed by atoms with van der Waals surface area (Å²) in [6, 6.07) is 8.62. The van der Waals surface area contributed by atoms with Crippen LogP contribution in [0, 0.1) is 0 Å². The van der Waals surface area contributed by atoms with E-state index in [4.69, 9.17) is 5.11 Å². The van der Waals surface area contributed by atoms with Gasteiger partial charge in [-0.05, 0) is 25.0 Å². The molecule has 0 aliphatic carbocycles. The number of amides is 1. The minimum absolute atomic E-state index is 0.0690. The monoisotopic (exact) mass is 371 g/mol. The molecule has 0 fully saturated rings. The van der Waals surface area contributed by atoms with Gasteiger partial charge >= 0.3 is 5.97 Å². The van der Waals surface area contributed by atoms with Crippen molar-refractivity contribution < 1.29 is 27.9 Å². The SMILES string of the molecule is O=C(CCCCCC(=O)C(=O)O)NCS(=O)(=O)NNc1ccccc1. The van der Waals surface area contributed by atoms with Gasteiger partial charge in [0.15, 0.2) is 0 Å². The fourth-order valence-corrected chi connectivity index (χ4v) is 2.51. The number of Topliss-reactive ketones (excluding diaryl/α,β-unsaturated/α-hetero) is 1. The first-order valence-corrected chi connectivity index (χ1v) is 9.29. The Morgan fingerprint density at radius 3 is 2.24 bits per heavy atom. The quantitative estimate of drug-likeness (QED) is 0.239. The Balaban J connectivity index is 2.17. The van der Waals surface area contributed by atoms with Crippen LogP contribution in [0.3, 0.4) is 0 Å². The van der Waals surface area contributed by atoms with Crippen LogP contribution in [0.15, 0.2) is 30.3 Å². The zero-order valence-corrected chi connectivity index (χ0v) is 14.3. The summed E-state index contributed by atoms with van der Waals surface area (Å²) in [6.07, 6.45) is 1.35. The van der Waals surface area contributed by atoms with Gasteiger partial charge < -0.3 is 15.8 Å². The molecule has 0 saturated carbocycles. The number of carboxylic acids is 1. The van der Waals surface area contributed by atoms with Crippen molar-refractivity contribution in [2.75, 3.05) is 11.3 Å². The first-order chi connectivity index (χ1) is 11.8. The average Bonchev–Trinajstić information content (AvgIpc) is 2.59. The third kappa shape index (κ3) is 9.42. The third-order valence-corrected chi connectivity index (χ3v) is 4.07. The van der Waals surface area contributed by atoms with Crippen molar-refractivity contribution in [3.8, 4) is 0 Å². The number of hydrogen-bond donors (Lipinski definition) is 4. The van der Waals surface area contributed by atoms with Crippen molar-refractivity contribution in [2.24, 2.45) is 0 Å². The van der Waals surface area contributed by atoms with Crippen molar-refractivity contribution in [3.63, 3.8) is 0 Å². The highest BCUT2D eigenvalue weighted by atomic mass is 32.2. The molecule has 1 aromatic rings. The number of carboxylic acid groups (broad SMARTS) is 1. The summed E-state index contributed by atoms with van der Waals surface area (Å²) in [5, 5.41) is 10.7. The van der Waals surface area contributed by atoms with Crippen molar-refractivity contribution >= 4 is 33.4 Å². The normalized spacial score (nSPS) is 10.9. The van der Waals surface area contributed by atoms with Crippen LogP contribution in [0.4, 0.5) is 5.69 Å².